The van der Waals surface area contributed by atoms with Crippen molar-refractivity contribution in [3.05, 3.63) is 63.9 Å². The highest BCUT2D eigenvalue weighted by atomic mass is 79.9. The first-order chi connectivity index (χ1) is 9.04. The molecule has 0 aliphatic rings. The lowest BCUT2D eigenvalue weighted by molar-refractivity contribution is 0.0696. The van der Waals surface area contributed by atoms with Gasteiger partial charge in [0.25, 0.3) is 0 Å². The van der Waals surface area contributed by atoms with Crippen LogP contribution < -0.4 is 4.74 Å². The fraction of sp³-hybridized carbons (Fsp3) is 0.0714. The van der Waals surface area contributed by atoms with Gasteiger partial charge in [0.2, 0.25) is 0 Å². The first-order valence-electron chi connectivity index (χ1n) is 5.46. The van der Waals surface area contributed by atoms with Crippen molar-refractivity contribution >= 4 is 21.9 Å². The highest BCUT2D eigenvalue weighted by Gasteiger charge is 2.07. The number of carbonyl (C=O) groups is 1. The van der Waals surface area contributed by atoms with Gasteiger partial charge < -0.3 is 9.84 Å². The number of rotatable bonds is 4. The quantitative estimate of drug-likeness (QED) is 0.928. The zero-order valence-corrected chi connectivity index (χ0v) is 11.4. The summed E-state index contributed by atoms with van der Waals surface area (Å²) in [6.07, 6.45) is 0. The van der Waals surface area contributed by atoms with Gasteiger partial charge >= 0.3 is 5.97 Å². The van der Waals surface area contributed by atoms with Gasteiger partial charge in [0.05, 0.1) is 5.56 Å². The van der Waals surface area contributed by atoms with Gasteiger partial charge in [-0.1, -0.05) is 22.0 Å². The van der Waals surface area contributed by atoms with Crippen molar-refractivity contribution in [2.24, 2.45) is 0 Å². The highest BCUT2D eigenvalue weighted by Crippen LogP contribution is 2.19. The molecule has 0 atom stereocenters. The Labute approximate surface area is 117 Å². The van der Waals surface area contributed by atoms with E-state index in [-0.39, 0.29) is 12.2 Å². The lowest BCUT2D eigenvalue weighted by atomic mass is 10.1. The smallest absolute Gasteiger partial charge is 0.335 e. The summed E-state index contributed by atoms with van der Waals surface area (Å²) in [5.74, 6) is -1.13. The molecule has 0 unspecified atom stereocenters. The number of halogens is 2. The lowest BCUT2D eigenvalue weighted by Crippen LogP contribution is -2.02. The minimum atomic E-state index is -1.16. The van der Waals surface area contributed by atoms with Gasteiger partial charge in [-0.25, -0.2) is 9.18 Å². The molecule has 0 aliphatic heterocycles. The zero-order chi connectivity index (χ0) is 13.8. The van der Waals surface area contributed by atoms with Crippen molar-refractivity contribution in [2.45, 2.75) is 6.61 Å². The normalized spacial score (nSPS) is 10.2. The molecule has 0 saturated carbocycles. The van der Waals surface area contributed by atoms with Crippen molar-refractivity contribution in [1.29, 1.82) is 0 Å². The van der Waals surface area contributed by atoms with Crippen LogP contribution in [0.2, 0.25) is 0 Å². The molecule has 0 aromatic heterocycles. The van der Waals surface area contributed by atoms with Gasteiger partial charge in [0, 0.05) is 4.47 Å². The molecule has 2 aromatic carbocycles. The standard InChI is InChI=1S/C14H10BrFO3/c15-11-2-1-3-13(7-11)19-8-9-4-10(14(17)18)6-12(16)5-9/h1-7H,8H2,(H,17,18). The van der Waals surface area contributed by atoms with Crippen LogP contribution in [0.4, 0.5) is 4.39 Å². The van der Waals surface area contributed by atoms with E-state index in [2.05, 4.69) is 15.9 Å². The van der Waals surface area contributed by atoms with Crippen molar-refractivity contribution in [3.63, 3.8) is 0 Å². The maximum absolute atomic E-state index is 13.3. The summed E-state index contributed by atoms with van der Waals surface area (Å²) in [5, 5.41) is 8.84. The Morgan fingerprint density at radius 2 is 2.05 bits per heavy atom. The van der Waals surface area contributed by atoms with Crippen LogP contribution in [0.15, 0.2) is 46.9 Å². The van der Waals surface area contributed by atoms with Crippen molar-refractivity contribution < 1.29 is 19.0 Å². The Balaban J connectivity index is 2.13. The van der Waals surface area contributed by atoms with E-state index in [9.17, 15) is 9.18 Å². The van der Waals surface area contributed by atoms with E-state index in [4.69, 9.17) is 9.84 Å². The number of benzene rings is 2. The molecule has 2 aromatic rings. The number of hydrogen-bond acceptors (Lipinski definition) is 2. The van der Waals surface area contributed by atoms with Gasteiger partial charge in [-0.2, -0.15) is 0 Å². The first-order valence-corrected chi connectivity index (χ1v) is 6.25. The molecule has 0 saturated heterocycles. The lowest BCUT2D eigenvalue weighted by Gasteiger charge is -2.07. The van der Waals surface area contributed by atoms with E-state index in [1.807, 2.05) is 12.1 Å². The van der Waals surface area contributed by atoms with Crippen LogP contribution in [0, 0.1) is 5.82 Å². The van der Waals surface area contributed by atoms with E-state index in [1.165, 1.54) is 12.1 Å². The second kappa shape index (κ2) is 5.84. The zero-order valence-electron chi connectivity index (χ0n) is 9.77. The van der Waals surface area contributed by atoms with Gasteiger partial charge in [0.15, 0.2) is 0 Å². The topological polar surface area (TPSA) is 46.5 Å². The molecule has 0 spiro atoms. The molecular formula is C14H10BrFO3. The average molecular weight is 325 g/mol. The predicted octanol–water partition coefficient (Wildman–Crippen LogP) is 3.87. The number of ether oxygens (including phenoxy) is 1. The van der Waals surface area contributed by atoms with Crippen molar-refractivity contribution in [3.8, 4) is 5.75 Å². The Kier molecular flexibility index (Phi) is 4.16. The molecule has 1 N–H and O–H groups in total. The Morgan fingerprint density at radius 1 is 1.26 bits per heavy atom. The number of carboxylic acids is 1. The van der Waals surface area contributed by atoms with E-state index >= 15 is 0 Å². The summed E-state index contributed by atoms with van der Waals surface area (Å²) in [5.41, 5.74) is 0.380. The molecule has 3 nitrogen and oxygen atoms in total. The molecule has 0 fully saturated rings. The van der Waals surface area contributed by atoms with Crippen LogP contribution in [0.3, 0.4) is 0 Å². The molecule has 19 heavy (non-hydrogen) atoms. The molecule has 0 aliphatic carbocycles. The van der Waals surface area contributed by atoms with Crippen molar-refractivity contribution in [1.82, 2.24) is 0 Å². The summed E-state index contributed by atoms with van der Waals surface area (Å²) in [6, 6.07) is 10.8. The molecule has 0 amide bonds. The number of aromatic carboxylic acids is 1. The summed E-state index contributed by atoms with van der Waals surface area (Å²) in [7, 11) is 0. The predicted molar refractivity (Wildman–Crippen MR) is 71.8 cm³/mol. The third-order valence-corrected chi connectivity index (χ3v) is 2.90. The molecule has 0 radical (unpaired) electrons. The fourth-order valence-corrected chi connectivity index (χ4v) is 1.96. The first kappa shape index (κ1) is 13.5. The number of carboxylic acid groups (broad SMARTS) is 1. The summed E-state index contributed by atoms with van der Waals surface area (Å²) >= 11 is 3.31. The van der Waals surface area contributed by atoms with Crippen LogP contribution in [0.25, 0.3) is 0 Å². The largest absolute Gasteiger partial charge is 0.489 e. The molecular weight excluding hydrogens is 315 g/mol. The SMILES string of the molecule is O=C(O)c1cc(F)cc(COc2cccc(Br)c2)c1. The summed E-state index contributed by atoms with van der Waals surface area (Å²) < 4.78 is 19.6. The van der Waals surface area contributed by atoms with Crippen molar-refractivity contribution in [2.75, 3.05) is 0 Å². The van der Waals surface area contributed by atoms with Crippen LogP contribution in [0.1, 0.15) is 15.9 Å². The second-order valence-corrected chi connectivity index (χ2v) is 4.82. The maximum atomic E-state index is 13.3. The monoisotopic (exact) mass is 324 g/mol. The third kappa shape index (κ3) is 3.79. The van der Waals surface area contributed by atoms with E-state index in [0.717, 1.165) is 10.5 Å². The van der Waals surface area contributed by atoms with E-state index in [0.29, 0.717) is 11.3 Å². The third-order valence-electron chi connectivity index (χ3n) is 2.41. The Morgan fingerprint density at radius 3 is 2.74 bits per heavy atom. The molecule has 98 valence electrons. The van der Waals surface area contributed by atoms with Crippen LogP contribution in [-0.4, -0.2) is 11.1 Å². The molecule has 0 bridgehead atoms. The van der Waals surface area contributed by atoms with Gasteiger partial charge in [-0.3, -0.25) is 0 Å². The van der Waals surface area contributed by atoms with E-state index < -0.39 is 11.8 Å². The van der Waals surface area contributed by atoms with Gasteiger partial charge in [-0.15, -0.1) is 0 Å². The molecule has 0 heterocycles. The average Bonchev–Trinajstić information content (AvgIpc) is 2.36. The molecule has 5 heteroatoms. The van der Waals surface area contributed by atoms with Crippen LogP contribution >= 0.6 is 15.9 Å². The second-order valence-electron chi connectivity index (χ2n) is 3.90. The minimum absolute atomic E-state index is 0.0900. The summed E-state index contributed by atoms with van der Waals surface area (Å²) in [4.78, 5) is 10.8. The Bertz CT molecular complexity index is 613. The minimum Gasteiger partial charge on any atom is -0.489 e. The van der Waals surface area contributed by atoms with E-state index in [1.54, 1.807) is 12.1 Å². The van der Waals surface area contributed by atoms with Gasteiger partial charge in [0.1, 0.15) is 18.2 Å². The van der Waals surface area contributed by atoms with Crippen LogP contribution in [0.5, 0.6) is 5.75 Å². The van der Waals surface area contributed by atoms with Crippen LogP contribution in [-0.2, 0) is 6.61 Å². The highest BCUT2D eigenvalue weighted by molar-refractivity contribution is 9.10. The molecule has 2 rings (SSSR count). The number of hydrogen-bond donors (Lipinski definition) is 1. The fourth-order valence-electron chi connectivity index (χ4n) is 1.58. The van der Waals surface area contributed by atoms with Gasteiger partial charge in [-0.05, 0) is 42.0 Å². The Hall–Kier alpha value is -1.88. The summed E-state index contributed by atoms with van der Waals surface area (Å²) in [6.45, 7) is 0.106. The maximum Gasteiger partial charge on any atom is 0.335 e.